The third kappa shape index (κ3) is 4.82. The molecule has 0 aliphatic carbocycles. The molecule has 2 rings (SSSR count). The van der Waals surface area contributed by atoms with Crippen molar-refractivity contribution in [3.8, 4) is 5.69 Å². The summed E-state index contributed by atoms with van der Waals surface area (Å²) >= 11 is 5.93. The van der Waals surface area contributed by atoms with E-state index in [2.05, 4.69) is 15.7 Å². The van der Waals surface area contributed by atoms with E-state index in [1.165, 1.54) is 6.20 Å². The first-order valence-electron chi connectivity index (χ1n) is 8.21. The molecule has 0 aliphatic heterocycles. The summed E-state index contributed by atoms with van der Waals surface area (Å²) in [5.74, 6) is -0.467. The molecule has 0 bridgehead atoms. The molecule has 1 aromatic carbocycles. The van der Waals surface area contributed by atoms with Gasteiger partial charge in [-0.2, -0.15) is 5.10 Å². The summed E-state index contributed by atoms with van der Waals surface area (Å²) in [6.45, 7) is 7.65. The van der Waals surface area contributed by atoms with Crippen LogP contribution in [0.15, 0.2) is 30.5 Å². The average molecular weight is 363 g/mol. The molecule has 25 heavy (non-hydrogen) atoms. The highest BCUT2D eigenvalue weighted by Gasteiger charge is 2.21. The molecular weight excluding hydrogens is 340 g/mol. The summed E-state index contributed by atoms with van der Waals surface area (Å²) < 4.78 is 1.73. The van der Waals surface area contributed by atoms with Crippen LogP contribution in [0, 0.1) is 0 Å². The Morgan fingerprint density at radius 3 is 2.36 bits per heavy atom. The Hall–Kier alpha value is -2.34. The molecule has 0 saturated carbocycles. The van der Waals surface area contributed by atoms with Gasteiger partial charge in [-0.05, 0) is 44.0 Å². The minimum atomic E-state index is -0.317. The number of carbonyl (C=O) groups excluding carboxylic acids is 2. The van der Waals surface area contributed by atoms with Crippen molar-refractivity contribution in [1.82, 2.24) is 20.4 Å². The van der Waals surface area contributed by atoms with E-state index in [1.54, 1.807) is 16.8 Å². The number of nitrogens with one attached hydrogen (secondary N) is 2. The van der Waals surface area contributed by atoms with E-state index in [0.717, 1.165) is 11.4 Å². The lowest BCUT2D eigenvalue weighted by molar-refractivity contribution is -0.120. The van der Waals surface area contributed by atoms with Gasteiger partial charge in [0.1, 0.15) is 0 Å². The zero-order valence-corrected chi connectivity index (χ0v) is 15.6. The Kier molecular flexibility index (Phi) is 6.20. The van der Waals surface area contributed by atoms with Crippen molar-refractivity contribution in [1.29, 1.82) is 0 Å². The number of hydrogen-bond donors (Lipinski definition) is 2. The second-order valence-electron chi connectivity index (χ2n) is 6.39. The summed E-state index contributed by atoms with van der Waals surface area (Å²) in [4.78, 5) is 24.2. The van der Waals surface area contributed by atoms with Crippen LogP contribution in [0.25, 0.3) is 5.69 Å². The molecule has 0 atom stereocenters. The topological polar surface area (TPSA) is 76.0 Å². The molecular formula is C18H23ClN4O2. The maximum Gasteiger partial charge on any atom is 0.255 e. The number of amides is 2. The number of aromatic nitrogens is 2. The minimum Gasteiger partial charge on any atom is -0.352 e. The third-order valence-electron chi connectivity index (χ3n) is 3.53. The molecule has 1 aromatic heterocycles. The van der Waals surface area contributed by atoms with Crippen molar-refractivity contribution in [3.63, 3.8) is 0 Å². The van der Waals surface area contributed by atoms with Gasteiger partial charge in [0.05, 0.1) is 29.7 Å². The number of carbonyl (C=O) groups is 2. The zero-order chi connectivity index (χ0) is 18.6. The van der Waals surface area contributed by atoms with Crippen molar-refractivity contribution < 1.29 is 9.59 Å². The van der Waals surface area contributed by atoms with Gasteiger partial charge in [0, 0.05) is 11.1 Å². The zero-order valence-electron chi connectivity index (χ0n) is 14.8. The highest BCUT2D eigenvalue weighted by atomic mass is 35.5. The van der Waals surface area contributed by atoms with Crippen molar-refractivity contribution in [2.75, 3.05) is 6.54 Å². The van der Waals surface area contributed by atoms with Crippen LogP contribution in [-0.2, 0) is 4.79 Å². The number of halogens is 1. The third-order valence-corrected chi connectivity index (χ3v) is 3.78. The van der Waals surface area contributed by atoms with Gasteiger partial charge in [0.15, 0.2) is 0 Å². The van der Waals surface area contributed by atoms with Crippen LogP contribution in [0.1, 0.15) is 49.7 Å². The Labute approximate surface area is 152 Å². The van der Waals surface area contributed by atoms with E-state index in [4.69, 9.17) is 11.6 Å². The van der Waals surface area contributed by atoms with Crippen LogP contribution in [0.3, 0.4) is 0 Å². The van der Waals surface area contributed by atoms with E-state index >= 15 is 0 Å². The van der Waals surface area contributed by atoms with E-state index in [-0.39, 0.29) is 30.3 Å². The van der Waals surface area contributed by atoms with Gasteiger partial charge in [0.2, 0.25) is 5.91 Å². The molecule has 2 N–H and O–H groups in total. The average Bonchev–Trinajstić information content (AvgIpc) is 2.98. The number of nitrogens with zero attached hydrogens (tertiary/aromatic N) is 2. The van der Waals surface area contributed by atoms with Crippen molar-refractivity contribution in [2.45, 2.75) is 39.7 Å². The van der Waals surface area contributed by atoms with Gasteiger partial charge in [-0.3, -0.25) is 9.59 Å². The molecule has 7 heteroatoms. The Morgan fingerprint density at radius 2 is 1.80 bits per heavy atom. The highest BCUT2D eigenvalue weighted by molar-refractivity contribution is 6.30. The van der Waals surface area contributed by atoms with E-state index in [1.807, 2.05) is 39.8 Å². The van der Waals surface area contributed by atoms with Gasteiger partial charge in [-0.25, -0.2) is 4.68 Å². The Balaban J connectivity index is 2.22. The number of benzene rings is 1. The number of hydrogen-bond acceptors (Lipinski definition) is 3. The molecule has 0 aliphatic rings. The summed E-state index contributed by atoms with van der Waals surface area (Å²) in [6, 6.07) is 7.28. The molecule has 1 heterocycles. The van der Waals surface area contributed by atoms with Gasteiger partial charge < -0.3 is 10.6 Å². The standard InChI is InChI=1S/C18H23ClN4O2/c1-11(2)17-15(18(25)20-10-16(24)22-12(3)4)9-21-23(17)14-7-5-13(19)6-8-14/h5-9,11-12H,10H2,1-4H3,(H,20,25)(H,22,24). The predicted octanol–water partition coefficient (Wildman–Crippen LogP) is 2.90. The van der Waals surface area contributed by atoms with Crippen LogP contribution in [0.4, 0.5) is 0 Å². The molecule has 0 saturated heterocycles. The molecule has 0 spiro atoms. The molecule has 134 valence electrons. The predicted molar refractivity (Wildman–Crippen MR) is 98.3 cm³/mol. The van der Waals surface area contributed by atoms with Crippen LogP contribution in [0.5, 0.6) is 0 Å². The highest BCUT2D eigenvalue weighted by Crippen LogP contribution is 2.23. The normalized spacial score (nSPS) is 11.0. The number of rotatable bonds is 6. The van der Waals surface area contributed by atoms with Crippen molar-refractivity contribution in [2.24, 2.45) is 0 Å². The molecule has 0 fully saturated rings. The smallest absolute Gasteiger partial charge is 0.255 e. The maximum absolute atomic E-state index is 12.5. The monoisotopic (exact) mass is 362 g/mol. The first-order chi connectivity index (χ1) is 11.8. The van der Waals surface area contributed by atoms with Crippen LogP contribution in [-0.4, -0.2) is 34.2 Å². The van der Waals surface area contributed by atoms with Crippen molar-refractivity contribution in [3.05, 3.63) is 46.7 Å². The van der Waals surface area contributed by atoms with Gasteiger partial charge in [-0.15, -0.1) is 0 Å². The summed E-state index contributed by atoms with van der Waals surface area (Å²) in [5.41, 5.74) is 2.07. The quantitative estimate of drug-likeness (QED) is 0.829. The van der Waals surface area contributed by atoms with Crippen molar-refractivity contribution >= 4 is 23.4 Å². The lowest BCUT2D eigenvalue weighted by Crippen LogP contribution is -2.40. The summed E-state index contributed by atoms with van der Waals surface area (Å²) in [7, 11) is 0. The second kappa shape index (κ2) is 8.16. The summed E-state index contributed by atoms with van der Waals surface area (Å²) in [5, 5.41) is 10.4. The van der Waals surface area contributed by atoms with Crippen LogP contribution in [0.2, 0.25) is 5.02 Å². The second-order valence-corrected chi connectivity index (χ2v) is 6.83. The van der Waals surface area contributed by atoms with E-state index in [0.29, 0.717) is 10.6 Å². The van der Waals surface area contributed by atoms with E-state index in [9.17, 15) is 9.59 Å². The first kappa shape index (κ1) is 19.0. The molecule has 0 radical (unpaired) electrons. The fourth-order valence-corrected chi connectivity index (χ4v) is 2.63. The molecule has 2 aromatic rings. The van der Waals surface area contributed by atoms with Gasteiger partial charge >= 0.3 is 0 Å². The Morgan fingerprint density at radius 1 is 1.16 bits per heavy atom. The maximum atomic E-state index is 12.5. The lowest BCUT2D eigenvalue weighted by Gasteiger charge is -2.13. The van der Waals surface area contributed by atoms with Gasteiger partial charge in [0.25, 0.3) is 5.91 Å². The molecule has 0 unspecified atom stereocenters. The summed E-state index contributed by atoms with van der Waals surface area (Å²) in [6.07, 6.45) is 1.53. The van der Waals surface area contributed by atoms with E-state index < -0.39 is 0 Å². The molecule has 2 amide bonds. The lowest BCUT2D eigenvalue weighted by atomic mass is 10.1. The van der Waals surface area contributed by atoms with Gasteiger partial charge in [-0.1, -0.05) is 25.4 Å². The fraction of sp³-hybridized carbons (Fsp3) is 0.389. The fourth-order valence-electron chi connectivity index (χ4n) is 2.51. The van der Waals surface area contributed by atoms with Crippen LogP contribution >= 0.6 is 11.6 Å². The largest absolute Gasteiger partial charge is 0.352 e. The minimum absolute atomic E-state index is 0.0308. The SMILES string of the molecule is CC(C)NC(=O)CNC(=O)c1cnn(-c2ccc(Cl)cc2)c1C(C)C. The Bertz CT molecular complexity index is 751. The first-order valence-corrected chi connectivity index (χ1v) is 8.58. The van der Waals surface area contributed by atoms with Crippen LogP contribution < -0.4 is 10.6 Å². The molecule has 6 nitrogen and oxygen atoms in total.